The number of aromatic nitrogens is 2. The van der Waals surface area contributed by atoms with E-state index >= 15 is 0 Å². The summed E-state index contributed by atoms with van der Waals surface area (Å²) in [4.78, 5) is 10.8. The van der Waals surface area contributed by atoms with Crippen LogP contribution < -0.4 is 16.2 Å². The van der Waals surface area contributed by atoms with Crippen molar-refractivity contribution >= 4 is 11.8 Å². The summed E-state index contributed by atoms with van der Waals surface area (Å²) in [6, 6.07) is 2.28. The second kappa shape index (κ2) is 4.85. The van der Waals surface area contributed by atoms with Crippen LogP contribution in [0.3, 0.4) is 0 Å². The van der Waals surface area contributed by atoms with Crippen molar-refractivity contribution in [3.63, 3.8) is 0 Å². The van der Waals surface area contributed by atoms with E-state index in [0.29, 0.717) is 12.0 Å². The fourth-order valence-electron chi connectivity index (χ4n) is 1.99. The van der Waals surface area contributed by atoms with E-state index in [-0.39, 0.29) is 6.10 Å². The van der Waals surface area contributed by atoms with Crippen molar-refractivity contribution in [1.82, 2.24) is 9.97 Å². The van der Waals surface area contributed by atoms with Gasteiger partial charge in [-0.2, -0.15) is 4.98 Å². The second-order valence-corrected chi connectivity index (χ2v) is 4.48. The first-order chi connectivity index (χ1) is 8.10. The summed E-state index contributed by atoms with van der Waals surface area (Å²) in [6.07, 6.45) is 0.218. The first-order valence-corrected chi connectivity index (χ1v) is 5.80. The molecule has 6 heteroatoms. The van der Waals surface area contributed by atoms with Crippen LogP contribution in [0.4, 0.5) is 11.8 Å². The van der Waals surface area contributed by atoms with Gasteiger partial charge >= 0.3 is 0 Å². The Morgan fingerprint density at radius 2 is 2.24 bits per heavy atom. The quantitative estimate of drug-likeness (QED) is 0.582. The van der Waals surface area contributed by atoms with Gasteiger partial charge in [0.25, 0.3) is 0 Å². The van der Waals surface area contributed by atoms with Crippen LogP contribution in [0, 0.1) is 6.92 Å². The molecule has 0 aliphatic carbocycles. The third-order valence-electron chi connectivity index (χ3n) is 2.87. The summed E-state index contributed by atoms with van der Waals surface area (Å²) in [5.74, 6) is 6.71. The smallest absolute Gasteiger partial charge is 0.239 e. The molecule has 2 heterocycles. The molecule has 0 amide bonds. The zero-order valence-corrected chi connectivity index (χ0v) is 10.5. The first-order valence-electron chi connectivity index (χ1n) is 5.80. The lowest BCUT2D eigenvalue weighted by Gasteiger charge is -2.37. The number of nitrogen functional groups attached to an aromatic ring is 1. The lowest BCUT2D eigenvalue weighted by Crippen LogP contribution is -2.47. The Morgan fingerprint density at radius 3 is 2.94 bits per heavy atom. The van der Waals surface area contributed by atoms with Crippen LogP contribution in [0.2, 0.25) is 0 Å². The molecule has 17 heavy (non-hydrogen) atoms. The lowest BCUT2D eigenvalue weighted by molar-refractivity contribution is 0.0340. The number of hydrazine groups is 1. The molecule has 1 aromatic rings. The zero-order valence-electron chi connectivity index (χ0n) is 10.5. The van der Waals surface area contributed by atoms with Crippen LogP contribution in [0.15, 0.2) is 6.07 Å². The molecule has 1 saturated heterocycles. The van der Waals surface area contributed by atoms with E-state index in [4.69, 9.17) is 10.6 Å². The number of morpholine rings is 1. The SMILES string of the molecule is Cc1cc(N2CC(C)OCC2C)nc(NN)n1. The second-order valence-electron chi connectivity index (χ2n) is 4.48. The molecule has 2 rings (SSSR count). The summed E-state index contributed by atoms with van der Waals surface area (Å²) in [7, 11) is 0. The van der Waals surface area contributed by atoms with Crippen LogP contribution in [0.5, 0.6) is 0 Å². The highest BCUT2D eigenvalue weighted by Gasteiger charge is 2.25. The molecule has 0 spiro atoms. The van der Waals surface area contributed by atoms with Gasteiger partial charge in [0.15, 0.2) is 0 Å². The Labute approximate surface area is 101 Å². The minimum absolute atomic E-state index is 0.218. The van der Waals surface area contributed by atoms with E-state index in [1.807, 2.05) is 13.0 Å². The van der Waals surface area contributed by atoms with Gasteiger partial charge in [0, 0.05) is 18.3 Å². The summed E-state index contributed by atoms with van der Waals surface area (Å²) in [5, 5.41) is 0. The normalized spacial score (nSPS) is 24.8. The molecule has 1 aliphatic rings. The molecule has 1 aromatic heterocycles. The lowest BCUT2D eigenvalue weighted by atomic mass is 10.2. The number of hydrogen-bond donors (Lipinski definition) is 2. The highest BCUT2D eigenvalue weighted by atomic mass is 16.5. The summed E-state index contributed by atoms with van der Waals surface area (Å²) < 4.78 is 5.60. The van der Waals surface area contributed by atoms with E-state index in [0.717, 1.165) is 24.7 Å². The van der Waals surface area contributed by atoms with Crippen LogP contribution in [-0.4, -0.2) is 35.3 Å². The fraction of sp³-hybridized carbons (Fsp3) is 0.636. The minimum Gasteiger partial charge on any atom is -0.375 e. The Hall–Kier alpha value is -1.40. The van der Waals surface area contributed by atoms with Crippen molar-refractivity contribution in [2.45, 2.75) is 32.9 Å². The summed E-state index contributed by atoms with van der Waals surface area (Å²) in [5.41, 5.74) is 3.39. The van der Waals surface area contributed by atoms with Crippen molar-refractivity contribution in [2.24, 2.45) is 5.84 Å². The standard InChI is InChI=1S/C11H19N5O/c1-7-4-10(14-11(13-7)15-12)16-5-9(3)17-6-8(16)2/h4,8-9H,5-6,12H2,1-3H3,(H,13,14,15). The van der Waals surface area contributed by atoms with Crippen LogP contribution in [0.1, 0.15) is 19.5 Å². The minimum atomic E-state index is 0.218. The van der Waals surface area contributed by atoms with Crippen molar-refractivity contribution < 1.29 is 4.74 Å². The number of nitrogens with zero attached hydrogens (tertiary/aromatic N) is 3. The highest BCUT2D eigenvalue weighted by molar-refractivity contribution is 5.45. The molecule has 0 aromatic carbocycles. The van der Waals surface area contributed by atoms with Crippen LogP contribution >= 0.6 is 0 Å². The highest BCUT2D eigenvalue weighted by Crippen LogP contribution is 2.21. The largest absolute Gasteiger partial charge is 0.375 e. The topological polar surface area (TPSA) is 76.3 Å². The Kier molecular flexibility index (Phi) is 3.44. The van der Waals surface area contributed by atoms with E-state index in [2.05, 4.69) is 34.1 Å². The summed E-state index contributed by atoms with van der Waals surface area (Å²) in [6.45, 7) is 7.67. The number of hydrogen-bond acceptors (Lipinski definition) is 6. The molecular formula is C11H19N5O. The molecule has 2 unspecified atom stereocenters. The van der Waals surface area contributed by atoms with Crippen LogP contribution in [0.25, 0.3) is 0 Å². The molecular weight excluding hydrogens is 218 g/mol. The van der Waals surface area contributed by atoms with E-state index in [9.17, 15) is 0 Å². The number of aryl methyl sites for hydroxylation is 1. The predicted molar refractivity (Wildman–Crippen MR) is 66.8 cm³/mol. The number of nitrogens with one attached hydrogen (secondary N) is 1. The molecule has 0 saturated carbocycles. The van der Waals surface area contributed by atoms with Gasteiger partial charge in [-0.25, -0.2) is 10.8 Å². The molecule has 6 nitrogen and oxygen atoms in total. The molecule has 1 aliphatic heterocycles. The number of rotatable bonds is 2. The number of ether oxygens (including phenoxy) is 1. The average Bonchev–Trinajstić information content (AvgIpc) is 2.31. The van der Waals surface area contributed by atoms with Gasteiger partial charge in [-0.15, -0.1) is 0 Å². The maximum absolute atomic E-state index is 5.60. The fourth-order valence-corrected chi connectivity index (χ4v) is 1.99. The Morgan fingerprint density at radius 1 is 1.47 bits per heavy atom. The van der Waals surface area contributed by atoms with E-state index in [1.54, 1.807) is 0 Å². The number of anilines is 2. The van der Waals surface area contributed by atoms with Gasteiger partial charge in [-0.1, -0.05) is 0 Å². The average molecular weight is 237 g/mol. The first kappa shape index (κ1) is 12.1. The molecule has 1 fully saturated rings. The van der Waals surface area contributed by atoms with Gasteiger partial charge in [-0.3, -0.25) is 5.43 Å². The molecule has 94 valence electrons. The predicted octanol–water partition coefficient (Wildman–Crippen LogP) is 0.684. The van der Waals surface area contributed by atoms with E-state index in [1.165, 1.54) is 0 Å². The van der Waals surface area contributed by atoms with Crippen molar-refractivity contribution in [3.05, 3.63) is 11.8 Å². The molecule has 2 atom stereocenters. The molecule has 3 N–H and O–H groups in total. The van der Waals surface area contributed by atoms with Gasteiger partial charge in [0.1, 0.15) is 5.82 Å². The molecule has 0 bridgehead atoms. The third-order valence-corrected chi connectivity index (χ3v) is 2.87. The van der Waals surface area contributed by atoms with Crippen molar-refractivity contribution in [1.29, 1.82) is 0 Å². The van der Waals surface area contributed by atoms with Crippen molar-refractivity contribution in [3.8, 4) is 0 Å². The maximum Gasteiger partial charge on any atom is 0.239 e. The van der Waals surface area contributed by atoms with Crippen molar-refractivity contribution in [2.75, 3.05) is 23.5 Å². The Balaban J connectivity index is 2.28. The van der Waals surface area contributed by atoms with Gasteiger partial charge in [-0.05, 0) is 20.8 Å². The van der Waals surface area contributed by atoms with Gasteiger partial charge in [0.2, 0.25) is 5.95 Å². The van der Waals surface area contributed by atoms with Crippen LogP contribution in [-0.2, 0) is 4.74 Å². The maximum atomic E-state index is 5.60. The Bertz CT molecular complexity index is 397. The van der Waals surface area contributed by atoms with E-state index < -0.39 is 0 Å². The number of nitrogens with two attached hydrogens (primary N) is 1. The monoisotopic (exact) mass is 237 g/mol. The van der Waals surface area contributed by atoms with Gasteiger partial charge < -0.3 is 9.64 Å². The third kappa shape index (κ3) is 2.65. The van der Waals surface area contributed by atoms with Gasteiger partial charge in [0.05, 0.1) is 18.8 Å². The molecule has 0 radical (unpaired) electrons. The zero-order chi connectivity index (χ0) is 12.4. The summed E-state index contributed by atoms with van der Waals surface area (Å²) >= 11 is 0.